The van der Waals surface area contributed by atoms with Gasteiger partial charge >= 0.3 is 0 Å². The minimum atomic E-state index is 0.122. The maximum Gasteiger partial charge on any atom is 0.126 e. The fourth-order valence-corrected chi connectivity index (χ4v) is 1.52. The summed E-state index contributed by atoms with van der Waals surface area (Å²) in [4.78, 5) is 8.60. The first-order valence-electron chi connectivity index (χ1n) is 5.59. The molecule has 0 spiro atoms. The molecule has 2 N–H and O–H groups in total. The summed E-state index contributed by atoms with van der Waals surface area (Å²) >= 11 is 0. The van der Waals surface area contributed by atoms with Crippen molar-refractivity contribution in [2.45, 2.75) is 13.0 Å². The van der Waals surface area contributed by atoms with Crippen molar-refractivity contribution >= 4 is 5.82 Å². The van der Waals surface area contributed by atoms with Crippen molar-refractivity contribution in [3.8, 4) is 0 Å². The summed E-state index contributed by atoms with van der Waals surface area (Å²) in [6.07, 6.45) is 2.35. The van der Waals surface area contributed by atoms with Gasteiger partial charge in [-0.3, -0.25) is 4.98 Å². The smallest absolute Gasteiger partial charge is 0.126 e. The molecule has 2 aromatic heterocycles. The van der Waals surface area contributed by atoms with Gasteiger partial charge in [-0.15, -0.1) is 0 Å². The van der Waals surface area contributed by atoms with Crippen LogP contribution in [0.3, 0.4) is 0 Å². The summed E-state index contributed by atoms with van der Waals surface area (Å²) in [5, 5.41) is 12.1. The maximum absolute atomic E-state index is 8.85. The van der Waals surface area contributed by atoms with E-state index in [9.17, 15) is 0 Å². The number of nitrogens with one attached hydrogen (secondary N) is 1. The number of pyridine rings is 2. The van der Waals surface area contributed by atoms with Crippen LogP contribution in [-0.4, -0.2) is 21.7 Å². The highest BCUT2D eigenvalue weighted by Crippen LogP contribution is 2.06. The number of hydrogen-bond acceptors (Lipinski definition) is 4. The van der Waals surface area contributed by atoms with Crippen LogP contribution in [0.4, 0.5) is 5.82 Å². The van der Waals surface area contributed by atoms with Gasteiger partial charge in [-0.25, -0.2) is 4.98 Å². The molecule has 0 atom stereocenters. The molecule has 0 aliphatic carbocycles. The third-order valence-corrected chi connectivity index (χ3v) is 2.35. The van der Waals surface area contributed by atoms with E-state index in [1.54, 1.807) is 6.20 Å². The van der Waals surface area contributed by atoms with Crippen LogP contribution in [0, 0.1) is 0 Å². The quantitative estimate of drug-likeness (QED) is 0.818. The van der Waals surface area contributed by atoms with E-state index in [-0.39, 0.29) is 6.61 Å². The van der Waals surface area contributed by atoms with Crippen molar-refractivity contribution in [2.24, 2.45) is 0 Å². The molecule has 17 heavy (non-hydrogen) atoms. The molecule has 0 fully saturated rings. The van der Waals surface area contributed by atoms with Gasteiger partial charge in [0.25, 0.3) is 0 Å². The zero-order chi connectivity index (χ0) is 11.9. The second kappa shape index (κ2) is 5.96. The molecule has 0 saturated carbocycles. The lowest BCUT2D eigenvalue weighted by Gasteiger charge is -2.06. The number of aliphatic hydroxyl groups excluding tert-OH is 1. The Morgan fingerprint density at radius 2 is 1.94 bits per heavy atom. The highest BCUT2D eigenvalue weighted by atomic mass is 16.3. The maximum atomic E-state index is 8.85. The molecule has 2 rings (SSSR count). The minimum Gasteiger partial charge on any atom is -0.396 e. The molecule has 4 heteroatoms. The predicted octanol–water partition coefficient (Wildman–Crippen LogP) is 1.62. The molecule has 0 aliphatic heterocycles. The topological polar surface area (TPSA) is 58.0 Å². The van der Waals surface area contributed by atoms with E-state index in [0.717, 1.165) is 17.2 Å². The zero-order valence-corrected chi connectivity index (χ0v) is 9.50. The van der Waals surface area contributed by atoms with Crippen LogP contribution in [0.15, 0.2) is 42.6 Å². The van der Waals surface area contributed by atoms with Crippen molar-refractivity contribution in [2.75, 3.05) is 11.9 Å². The van der Waals surface area contributed by atoms with E-state index in [1.165, 1.54) is 0 Å². The fraction of sp³-hybridized carbons (Fsp3) is 0.231. The summed E-state index contributed by atoms with van der Waals surface area (Å²) in [5.41, 5.74) is 1.86. The van der Waals surface area contributed by atoms with E-state index < -0.39 is 0 Å². The lowest BCUT2D eigenvalue weighted by molar-refractivity contribution is 0.298. The Morgan fingerprint density at radius 1 is 1.06 bits per heavy atom. The highest BCUT2D eigenvalue weighted by Gasteiger charge is 1.98. The molecule has 0 aliphatic rings. The van der Waals surface area contributed by atoms with E-state index in [2.05, 4.69) is 15.3 Å². The Balaban J connectivity index is 1.97. The summed E-state index contributed by atoms with van der Waals surface area (Å²) in [5.74, 6) is 0.807. The highest BCUT2D eigenvalue weighted by molar-refractivity contribution is 5.35. The summed E-state index contributed by atoms with van der Waals surface area (Å²) in [6.45, 7) is 0.771. The van der Waals surface area contributed by atoms with Gasteiger partial charge in [0.2, 0.25) is 0 Å². The predicted molar refractivity (Wildman–Crippen MR) is 66.6 cm³/mol. The van der Waals surface area contributed by atoms with Crippen molar-refractivity contribution in [3.63, 3.8) is 0 Å². The van der Waals surface area contributed by atoms with E-state index in [0.29, 0.717) is 13.0 Å². The molecule has 0 radical (unpaired) electrons. The Kier molecular flexibility index (Phi) is 4.05. The van der Waals surface area contributed by atoms with E-state index >= 15 is 0 Å². The number of aliphatic hydroxyl groups is 1. The Morgan fingerprint density at radius 3 is 2.71 bits per heavy atom. The van der Waals surface area contributed by atoms with E-state index in [1.807, 2.05) is 36.4 Å². The third-order valence-electron chi connectivity index (χ3n) is 2.35. The first-order chi connectivity index (χ1) is 8.38. The molecule has 0 unspecified atom stereocenters. The third kappa shape index (κ3) is 3.53. The molecule has 0 amide bonds. The van der Waals surface area contributed by atoms with E-state index in [4.69, 9.17) is 5.11 Å². The van der Waals surface area contributed by atoms with Crippen LogP contribution in [0.5, 0.6) is 0 Å². The second-order valence-corrected chi connectivity index (χ2v) is 3.66. The lowest BCUT2D eigenvalue weighted by Crippen LogP contribution is -2.04. The largest absolute Gasteiger partial charge is 0.396 e. The Hall–Kier alpha value is -1.94. The van der Waals surface area contributed by atoms with Crippen LogP contribution < -0.4 is 5.32 Å². The fourth-order valence-electron chi connectivity index (χ4n) is 1.52. The second-order valence-electron chi connectivity index (χ2n) is 3.66. The molecular formula is C13H15N3O. The average Bonchev–Trinajstić information content (AvgIpc) is 2.39. The van der Waals surface area contributed by atoms with Gasteiger partial charge in [0.1, 0.15) is 5.82 Å². The molecule has 0 bridgehead atoms. The van der Waals surface area contributed by atoms with Crippen molar-refractivity contribution in [1.29, 1.82) is 0 Å². The standard InChI is InChI=1S/C13H15N3O/c17-9-7-11-5-3-6-13(16-11)15-10-12-4-1-2-8-14-12/h1-6,8,17H,7,9-10H2,(H,15,16). The molecular weight excluding hydrogens is 214 g/mol. The van der Waals surface area contributed by atoms with Gasteiger partial charge in [0, 0.05) is 24.9 Å². The first kappa shape index (κ1) is 11.5. The van der Waals surface area contributed by atoms with Gasteiger partial charge in [-0.05, 0) is 24.3 Å². The molecule has 88 valence electrons. The molecule has 2 heterocycles. The van der Waals surface area contributed by atoms with Gasteiger partial charge in [-0.2, -0.15) is 0 Å². The zero-order valence-electron chi connectivity index (χ0n) is 9.50. The van der Waals surface area contributed by atoms with Crippen LogP contribution >= 0.6 is 0 Å². The number of hydrogen-bond donors (Lipinski definition) is 2. The van der Waals surface area contributed by atoms with Gasteiger partial charge in [-0.1, -0.05) is 12.1 Å². The molecule has 0 aromatic carbocycles. The number of nitrogens with zero attached hydrogens (tertiary/aromatic N) is 2. The summed E-state index contributed by atoms with van der Waals surface area (Å²) in [7, 11) is 0. The number of rotatable bonds is 5. The first-order valence-corrected chi connectivity index (χ1v) is 5.59. The van der Waals surface area contributed by atoms with Crippen LogP contribution in [0.1, 0.15) is 11.4 Å². The Bertz CT molecular complexity index is 459. The SMILES string of the molecule is OCCc1cccc(NCc2ccccn2)n1. The molecule has 4 nitrogen and oxygen atoms in total. The number of aromatic nitrogens is 2. The lowest BCUT2D eigenvalue weighted by atomic mass is 10.3. The van der Waals surface area contributed by atoms with Crippen LogP contribution in [-0.2, 0) is 13.0 Å². The van der Waals surface area contributed by atoms with Crippen molar-refractivity contribution < 1.29 is 5.11 Å². The minimum absolute atomic E-state index is 0.122. The average molecular weight is 229 g/mol. The van der Waals surface area contributed by atoms with Crippen molar-refractivity contribution in [1.82, 2.24) is 9.97 Å². The monoisotopic (exact) mass is 229 g/mol. The van der Waals surface area contributed by atoms with Gasteiger partial charge in [0.15, 0.2) is 0 Å². The van der Waals surface area contributed by atoms with Gasteiger partial charge in [0.05, 0.1) is 12.2 Å². The Labute approximate surface area is 100 Å². The van der Waals surface area contributed by atoms with Crippen LogP contribution in [0.25, 0.3) is 0 Å². The number of anilines is 1. The molecule has 2 aromatic rings. The summed E-state index contributed by atoms with van der Waals surface area (Å²) in [6, 6.07) is 11.6. The molecule has 0 saturated heterocycles. The van der Waals surface area contributed by atoms with Crippen molar-refractivity contribution in [3.05, 3.63) is 54.0 Å². The summed E-state index contributed by atoms with van der Waals surface area (Å²) < 4.78 is 0. The normalized spacial score (nSPS) is 10.2. The van der Waals surface area contributed by atoms with Crippen LogP contribution in [0.2, 0.25) is 0 Å². The van der Waals surface area contributed by atoms with Gasteiger partial charge < -0.3 is 10.4 Å².